The molecule has 0 saturated carbocycles. The predicted octanol–water partition coefficient (Wildman–Crippen LogP) is 3.68. The first-order valence-corrected chi connectivity index (χ1v) is 10.9. The second-order valence-electron chi connectivity index (χ2n) is 7.88. The zero-order valence-electron chi connectivity index (χ0n) is 19.3. The number of aliphatic carboxylic acids is 2. The van der Waals surface area contributed by atoms with Gasteiger partial charge in [-0.05, 0) is 24.1 Å². The number of hydrogen-bond donors (Lipinski definition) is 3. The molecule has 4 rings (SSSR count). The summed E-state index contributed by atoms with van der Waals surface area (Å²) < 4.78 is 63.5. The molecule has 14 heteroatoms. The average Bonchev–Trinajstić information content (AvgIpc) is 2.84. The van der Waals surface area contributed by atoms with Crippen LogP contribution in [0.1, 0.15) is 28.9 Å². The zero-order chi connectivity index (χ0) is 27.6. The second-order valence-corrected chi connectivity index (χ2v) is 7.88. The van der Waals surface area contributed by atoms with E-state index in [0.29, 0.717) is 0 Å². The van der Waals surface area contributed by atoms with Crippen LogP contribution in [0.3, 0.4) is 0 Å². The number of alkyl halides is 6. The number of rotatable bonds is 3. The van der Waals surface area contributed by atoms with Gasteiger partial charge in [0.15, 0.2) is 0 Å². The quantitative estimate of drug-likeness (QED) is 0.511. The lowest BCUT2D eigenvalue weighted by Gasteiger charge is -2.30. The summed E-state index contributed by atoms with van der Waals surface area (Å²) in [5.41, 5.74) is 6.50. The highest BCUT2D eigenvalue weighted by atomic mass is 19.4. The maximum Gasteiger partial charge on any atom is 0.490 e. The van der Waals surface area contributed by atoms with Crippen LogP contribution in [0.15, 0.2) is 42.7 Å². The number of hydrogen-bond acceptors (Lipinski definition) is 6. The Labute approximate surface area is 207 Å². The fraction of sp³-hybridized carbons (Fsp3) is 0.391. The van der Waals surface area contributed by atoms with Crippen molar-refractivity contribution in [2.75, 3.05) is 19.6 Å². The minimum atomic E-state index is -5.08. The van der Waals surface area contributed by atoms with Gasteiger partial charge in [0.2, 0.25) is 0 Å². The molecule has 2 aliphatic rings. The summed E-state index contributed by atoms with van der Waals surface area (Å²) in [4.78, 5) is 29.5. The molecule has 0 spiro atoms. The molecule has 2 aromatic rings. The molecule has 2 aliphatic heterocycles. The summed E-state index contributed by atoms with van der Waals surface area (Å²) in [5.74, 6) is -5.51. The first kappa shape index (κ1) is 29.7. The summed E-state index contributed by atoms with van der Waals surface area (Å²) in [6.45, 7) is 5.00. The molecular formula is C23H24F6N4O4. The monoisotopic (exact) mass is 534 g/mol. The number of fused-ring (bicyclic) bond motifs is 1. The molecule has 0 atom stereocenters. The Balaban J connectivity index is 0.000000286. The molecule has 3 N–H and O–H groups in total. The van der Waals surface area contributed by atoms with Crippen LogP contribution in [0, 0.1) is 0 Å². The van der Waals surface area contributed by atoms with Crippen molar-refractivity contribution in [3.05, 3.63) is 65.2 Å². The number of carbonyl (C=O) groups is 2. The van der Waals surface area contributed by atoms with Gasteiger partial charge in [0, 0.05) is 38.2 Å². The smallest absolute Gasteiger partial charge is 0.475 e. The lowest BCUT2D eigenvalue weighted by atomic mass is 9.96. The number of carboxylic acids is 2. The third kappa shape index (κ3) is 9.80. The van der Waals surface area contributed by atoms with Crippen LogP contribution in [0.5, 0.6) is 0 Å². The second kappa shape index (κ2) is 13.1. The van der Waals surface area contributed by atoms with Gasteiger partial charge in [-0.25, -0.2) is 19.6 Å². The Morgan fingerprint density at radius 2 is 1.54 bits per heavy atom. The minimum absolute atomic E-state index is 0.946. The van der Waals surface area contributed by atoms with Gasteiger partial charge in [-0.15, -0.1) is 0 Å². The summed E-state index contributed by atoms with van der Waals surface area (Å²) in [6.07, 6.45) is -4.07. The highest BCUT2D eigenvalue weighted by molar-refractivity contribution is 5.73. The molecule has 0 bridgehead atoms. The summed E-state index contributed by atoms with van der Waals surface area (Å²) >= 11 is 0. The van der Waals surface area contributed by atoms with E-state index < -0.39 is 24.3 Å². The molecule has 0 saturated heterocycles. The van der Waals surface area contributed by atoms with Gasteiger partial charge in [0.05, 0.1) is 11.4 Å². The average molecular weight is 534 g/mol. The first-order valence-electron chi connectivity index (χ1n) is 10.9. The fourth-order valence-electron chi connectivity index (χ4n) is 3.49. The highest BCUT2D eigenvalue weighted by Crippen LogP contribution is 2.27. The third-order valence-electron chi connectivity index (χ3n) is 5.18. The molecule has 37 heavy (non-hydrogen) atoms. The van der Waals surface area contributed by atoms with E-state index in [1.54, 1.807) is 6.33 Å². The minimum Gasteiger partial charge on any atom is -0.475 e. The third-order valence-corrected chi connectivity index (χ3v) is 5.18. The van der Waals surface area contributed by atoms with Crippen LogP contribution in [-0.4, -0.2) is 69.0 Å². The fourth-order valence-corrected chi connectivity index (χ4v) is 3.49. The molecule has 0 fully saturated rings. The molecule has 0 radical (unpaired) electrons. The van der Waals surface area contributed by atoms with E-state index in [2.05, 4.69) is 56.6 Å². The molecule has 1 aromatic heterocycles. The highest BCUT2D eigenvalue weighted by Gasteiger charge is 2.38. The maximum absolute atomic E-state index is 10.6. The lowest BCUT2D eigenvalue weighted by molar-refractivity contribution is -0.193. The van der Waals surface area contributed by atoms with Crippen molar-refractivity contribution in [2.45, 2.75) is 38.3 Å². The largest absolute Gasteiger partial charge is 0.490 e. The molecule has 1 aromatic carbocycles. The van der Waals surface area contributed by atoms with Gasteiger partial charge in [0.1, 0.15) is 6.33 Å². The first-order chi connectivity index (χ1) is 17.3. The van der Waals surface area contributed by atoms with Crippen LogP contribution in [0.25, 0.3) is 5.57 Å². The number of carboxylic acid groups (broad SMARTS) is 2. The van der Waals surface area contributed by atoms with E-state index in [4.69, 9.17) is 19.8 Å². The summed E-state index contributed by atoms with van der Waals surface area (Å²) in [5, 5.41) is 17.6. The topological polar surface area (TPSA) is 116 Å². The van der Waals surface area contributed by atoms with Crippen molar-refractivity contribution in [1.29, 1.82) is 0 Å². The van der Waals surface area contributed by atoms with Crippen LogP contribution >= 0.6 is 0 Å². The number of nitrogens with one attached hydrogen (secondary N) is 1. The maximum atomic E-state index is 10.6. The van der Waals surface area contributed by atoms with E-state index in [1.165, 1.54) is 28.1 Å². The van der Waals surface area contributed by atoms with Gasteiger partial charge >= 0.3 is 24.3 Å². The number of halogens is 6. The standard InChI is InChI=1S/C19H22N4.2C2HF3O2/c1-2-4-15(5-3-1)12-23-11-8-18-17(13-23)19(22-14-21-18)16-6-9-20-10-7-16;2*3-2(4,5)1(6)7/h1-6,14,20H,7-13H2;2*(H,6,7). The van der Waals surface area contributed by atoms with Crippen LogP contribution in [-0.2, 0) is 29.1 Å². The van der Waals surface area contributed by atoms with Gasteiger partial charge in [-0.2, -0.15) is 26.3 Å². The Kier molecular flexibility index (Phi) is 10.6. The normalized spacial score (nSPS) is 15.7. The molecule has 8 nitrogen and oxygen atoms in total. The molecule has 0 unspecified atom stereocenters. The molecule has 202 valence electrons. The predicted molar refractivity (Wildman–Crippen MR) is 119 cm³/mol. The number of aromatic nitrogens is 2. The summed E-state index contributed by atoms with van der Waals surface area (Å²) in [7, 11) is 0. The Morgan fingerprint density at radius 1 is 0.946 bits per heavy atom. The molecule has 0 aliphatic carbocycles. The molecule has 3 heterocycles. The number of benzene rings is 1. The van der Waals surface area contributed by atoms with Gasteiger partial charge in [-0.1, -0.05) is 36.4 Å². The molecule has 0 amide bonds. The van der Waals surface area contributed by atoms with Crippen molar-refractivity contribution < 1.29 is 46.1 Å². The van der Waals surface area contributed by atoms with Crippen LogP contribution in [0.4, 0.5) is 26.3 Å². The Bertz CT molecular complexity index is 1070. The van der Waals surface area contributed by atoms with E-state index >= 15 is 0 Å². The Hall–Kier alpha value is -3.52. The Morgan fingerprint density at radius 3 is 2.05 bits per heavy atom. The van der Waals surface area contributed by atoms with E-state index in [9.17, 15) is 26.3 Å². The molecular weight excluding hydrogens is 510 g/mol. The number of nitrogens with zero attached hydrogens (tertiary/aromatic N) is 3. The van der Waals surface area contributed by atoms with Gasteiger partial charge in [0.25, 0.3) is 0 Å². The van der Waals surface area contributed by atoms with E-state index in [1.807, 2.05) is 0 Å². The zero-order valence-corrected chi connectivity index (χ0v) is 19.3. The van der Waals surface area contributed by atoms with Crippen molar-refractivity contribution >= 4 is 17.5 Å². The van der Waals surface area contributed by atoms with Gasteiger partial charge < -0.3 is 15.5 Å². The SMILES string of the molecule is C1=C(c2ncnc3c2CN(Cc2ccccc2)CC3)CCNC1.O=C(O)C(F)(F)F.O=C(O)C(F)(F)F. The van der Waals surface area contributed by atoms with Crippen molar-refractivity contribution in [3.63, 3.8) is 0 Å². The van der Waals surface area contributed by atoms with Gasteiger partial charge in [-0.3, -0.25) is 4.90 Å². The van der Waals surface area contributed by atoms with E-state index in [-0.39, 0.29) is 0 Å². The lowest BCUT2D eigenvalue weighted by Crippen LogP contribution is -2.32. The van der Waals surface area contributed by atoms with E-state index in [0.717, 1.165) is 45.6 Å². The summed E-state index contributed by atoms with van der Waals surface area (Å²) in [6, 6.07) is 10.7. The van der Waals surface area contributed by atoms with Crippen LogP contribution < -0.4 is 5.32 Å². The van der Waals surface area contributed by atoms with Crippen LogP contribution in [0.2, 0.25) is 0 Å². The van der Waals surface area contributed by atoms with Crippen molar-refractivity contribution in [1.82, 2.24) is 20.2 Å². The van der Waals surface area contributed by atoms with Crippen molar-refractivity contribution in [3.8, 4) is 0 Å². The van der Waals surface area contributed by atoms with Crippen molar-refractivity contribution in [2.24, 2.45) is 0 Å².